The van der Waals surface area contributed by atoms with Crippen LogP contribution >= 0.6 is 0 Å². The van der Waals surface area contributed by atoms with E-state index in [1.807, 2.05) is 12.1 Å². The molecule has 0 spiro atoms. The van der Waals surface area contributed by atoms with Crippen molar-refractivity contribution in [3.05, 3.63) is 65.1 Å². The number of halogens is 1. The Morgan fingerprint density at radius 3 is 2.71 bits per heavy atom. The van der Waals surface area contributed by atoms with Crippen LogP contribution in [0.25, 0.3) is 16.9 Å². The van der Waals surface area contributed by atoms with E-state index in [1.54, 1.807) is 31.6 Å². The summed E-state index contributed by atoms with van der Waals surface area (Å²) in [6.07, 6.45) is 3.29. The molecule has 0 aliphatic carbocycles. The van der Waals surface area contributed by atoms with Crippen LogP contribution in [0.3, 0.4) is 0 Å². The van der Waals surface area contributed by atoms with Crippen molar-refractivity contribution in [2.45, 2.75) is 0 Å². The Morgan fingerprint density at radius 1 is 1.24 bits per heavy atom. The molecule has 0 amide bonds. The van der Waals surface area contributed by atoms with E-state index < -0.39 is 0 Å². The van der Waals surface area contributed by atoms with E-state index in [0.717, 1.165) is 5.56 Å². The van der Waals surface area contributed by atoms with Gasteiger partial charge in [-0.3, -0.25) is 4.57 Å². The van der Waals surface area contributed by atoms with Crippen molar-refractivity contribution >= 4 is 5.82 Å². The van der Waals surface area contributed by atoms with Crippen LogP contribution in [-0.2, 0) is 0 Å². The first-order valence-corrected chi connectivity index (χ1v) is 6.39. The van der Waals surface area contributed by atoms with Gasteiger partial charge in [0.1, 0.15) is 11.6 Å². The zero-order chi connectivity index (χ0) is 14.8. The molecule has 0 aliphatic heterocycles. The predicted octanol–water partition coefficient (Wildman–Crippen LogP) is 2.41. The number of pyridine rings is 1. The lowest BCUT2D eigenvalue weighted by Crippen LogP contribution is -2.15. The number of aromatic amines is 1. The maximum Gasteiger partial charge on any atom is 0.330 e. The van der Waals surface area contributed by atoms with Crippen LogP contribution < -0.4 is 11.0 Å². The smallest absolute Gasteiger partial charge is 0.330 e. The first kappa shape index (κ1) is 13.1. The lowest BCUT2D eigenvalue weighted by molar-refractivity contribution is 0.627. The fraction of sp³-hybridized carbons (Fsp3) is 0.0667. The summed E-state index contributed by atoms with van der Waals surface area (Å²) in [5.41, 5.74) is 1.84. The molecule has 6 heteroatoms. The maximum atomic E-state index is 13.0. The monoisotopic (exact) mass is 284 g/mol. The molecule has 0 fully saturated rings. The van der Waals surface area contributed by atoms with Crippen molar-refractivity contribution < 1.29 is 4.39 Å². The number of anilines is 1. The zero-order valence-corrected chi connectivity index (χ0v) is 11.3. The van der Waals surface area contributed by atoms with Gasteiger partial charge in [-0.05, 0) is 36.4 Å². The Balaban J connectivity index is 2.16. The zero-order valence-electron chi connectivity index (χ0n) is 11.3. The molecule has 0 saturated heterocycles. The molecule has 0 bridgehead atoms. The van der Waals surface area contributed by atoms with Crippen LogP contribution in [0.15, 0.2) is 53.6 Å². The number of hydrogen-bond acceptors (Lipinski definition) is 3. The Bertz CT molecular complexity index is 820. The van der Waals surface area contributed by atoms with Crippen molar-refractivity contribution in [1.29, 1.82) is 0 Å². The molecule has 21 heavy (non-hydrogen) atoms. The van der Waals surface area contributed by atoms with Crippen LogP contribution in [-0.4, -0.2) is 21.6 Å². The Kier molecular flexibility index (Phi) is 3.27. The SMILES string of the molecule is CNc1cc(-c2c[nH]c(=O)n2-c2ccc(F)cc2)ccn1. The lowest BCUT2D eigenvalue weighted by Gasteiger charge is -2.08. The van der Waals surface area contributed by atoms with E-state index in [-0.39, 0.29) is 11.5 Å². The van der Waals surface area contributed by atoms with Crippen LogP contribution in [0, 0.1) is 5.82 Å². The van der Waals surface area contributed by atoms with Crippen molar-refractivity contribution in [2.75, 3.05) is 12.4 Å². The largest absolute Gasteiger partial charge is 0.373 e. The number of imidazole rings is 1. The highest BCUT2D eigenvalue weighted by molar-refractivity contribution is 5.64. The second-order valence-corrected chi connectivity index (χ2v) is 4.47. The minimum atomic E-state index is -0.342. The molecule has 0 unspecified atom stereocenters. The first-order chi connectivity index (χ1) is 10.2. The number of benzene rings is 1. The van der Waals surface area contributed by atoms with Gasteiger partial charge in [0.15, 0.2) is 0 Å². The van der Waals surface area contributed by atoms with Gasteiger partial charge in [0.2, 0.25) is 0 Å². The van der Waals surface area contributed by atoms with Crippen LogP contribution in [0.4, 0.5) is 10.2 Å². The number of hydrogen-bond donors (Lipinski definition) is 2. The van der Waals surface area contributed by atoms with Gasteiger partial charge < -0.3 is 10.3 Å². The van der Waals surface area contributed by atoms with Crippen molar-refractivity contribution in [3.63, 3.8) is 0 Å². The molecule has 2 N–H and O–H groups in total. The number of nitrogens with zero attached hydrogens (tertiary/aromatic N) is 2. The molecule has 0 aliphatic rings. The normalized spacial score (nSPS) is 10.6. The number of nitrogens with one attached hydrogen (secondary N) is 2. The third-order valence-corrected chi connectivity index (χ3v) is 3.17. The number of aromatic nitrogens is 3. The fourth-order valence-electron chi connectivity index (χ4n) is 2.15. The highest BCUT2D eigenvalue weighted by atomic mass is 19.1. The quantitative estimate of drug-likeness (QED) is 0.776. The lowest BCUT2D eigenvalue weighted by atomic mass is 10.2. The molecule has 3 aromatic rings. The van der Waals surface area contributed by atoms with Crippen molar-refractivity contribution in [1.82, 2.24) is 14.5 Å². The highest BCUT2D eigenvalue weighted by Crippen LogP contribution is 2.22. The van der Waals surface area contributed by atoms with Gasteiger partial charge in [0, 0.05) is 25.0 Å². The molecular weight excluding hydrogens is 271 g/mol. The Morgan fingerprint density at radius 2 is 2.00 bits per heavy atom. The van der Waals surface area contributed by atoms with E-state index in [4.69, 9.17) is 0 Å². The van der Waals surface area contributed by atoms with E-state index in [9.17, 15) is 9.18 Å². The van der Waals surface area contributed by atoms with Crippen LogP contribution in [0.2, 0.25) is 0 Å². The molecule has 0 saturated carbocycles. The second-order valence-electron chi connectivity index (χ2n) is 4.47. The summed E-state index contributed by atoms with van der Waals surface area (Å²) in [5.74, 6) is 0.358. The fourth-order valence-corrected chi connectivity index (χ4v) is 2.15. The minimum Gasteiger partial charge on any atom is -0.373 e. The summed E-state index contributed by atoms with van der Waals surface area (Å²) in [4.78, 5) is 18.8. The van der Waals surface area contributed by atoms with Crippen LogP contribution in [0.5, 0.6) is 0 Å². The average Bonchev–Trinajstić information content (AvgIpc) is 2.90. The summed E-state index contributed by atoms with van der Waals surface area (Å²) < 4.78 is 14.5. The second kappa shape index (κ2) is 5.24. The molecule has 0 atom stereocenters. The van der Waals surface area contributed by atoms with E-state index in [0.29, 0.717) is 17.2 Å². The van der Waals surface area contributed by atoms with Gasteiger partial charge in [-0.15, -0.1) is 0 Å². The van der Waals surface area contributed by atoms with Crippen molar-refractivity contribution in [2.24, 2.45) is 0 Å². The minimum absolute atomic E-state index is 0.278. The molecule has 5 nitrogen and oxygen atoms in total. The topological polar surface area (TPSA) is 62.7 Å². The van der Waals surface area contributed by atoms with E-state index >= 15 is 0 Å². The van der Waals surface area contributed by atoms with E-state index in [1.165, 1.54) is 16.7 Å². The Labute approximate surface area is 120 Å². The number of H-pyrrole nitrogens is 1. The van der Waals surface area contributed by atoms with Crippen molar-refractivity contribution in [3.8, 4) is 16.9 Å². The predicted molar refractivity (Wildman–Crippen MR) is 79.1 cm³/mol. The number of rotatable bonds is 3. The summed E-state index contributed by atoms with van der Waals surface area (Å²) in [6.45, 7) is 0. The molecule has 0 radical (unpaired) electrons. The van der Waals surface area contributed by atoms with Gasteiger partial charge >= 0.3 is 5.69 Å². The van der Waals surface area contributed by atoms with Gasteiger partial charge in [-0.2, -0.15) is 0 Å². The highest BCUT2D eigenvalue weighted by Gasteiger charge is 2.11. The molecule has 2 heterocycles. The van der Waals surface area contributed by atoms with Gasteiger partial charge in [-0.1, -0.05) is 0 Å². The molecule has 2 aromatic heterocycles. The molecular formula is C15H13FN4O. The molecule has 3 rings (SSSR count). The summed E-state index contributed by atoms with van der Waals surface area (Å²) in [6, 6.07) is 9.42. The summed E-state index contributed by atoms with van der Waals surface area (Å²) >= 11 is 0. The van der Waals surface area contributed by atoms with Crippen LogP contribution in [0.1, 0.15) is 0 Å². The summed E-state index contributed by atoms with van der Waals surface area (Å²) in [5, 5.41) is 2.95. The van der Waals surface area contributed by atoms with Gasteiger partial charge in [0.25, 0.3) is 0 Å². The van der Waals surface area contributed by atoms with E-state index in [2.05, 4.69) is 15.3 Å². The van der Waals surface area contributed by atoms with Gasteiger partial charge in [-0.25, -0.2) is 14.2 Å². The first-order valence-electron chi connectivity index (χ1n) is 6.39. The third-order valence-electron chi connectivity index (χ3n) is 3.17. The summed E-state index contributed by atoms with van der Waals surface area (Å²) in [7, 11) is 1.77. The third kappa shape index (κ3) is 2.43. The van der Waals surface area contributed by atoms with Gasteiger partial charge in [0.05, 0.1) is 11.4 Å². The Hall–Kier alpha value is -2.89. The molecule has 1 aromatic carbocycles. The average molecular weight is 284 g/mol. The maximum absolute atomic E-state index is 13.0. The molecule has 106 valence electrons. The standard InChI is InChI=1S/C15H13FN4O/c1-17-14-8-10(6-7-18-14)13-9-19-15(21)20(13)12-4-2-11(16)3-5-12/h2-9H,1H3,(H,17,18)(H,19,21).